The monoisotopic (exact) mass is 326 g/mol. The average molecular weight is 327 g/mol. The Kier molecular flexibility index (Phi) is 4.84. The van der Waals surface area contributed by atoms with Gasteiger partial charge in [-0.25, -0.2) is 17.6 Å². The van der Waals surface area contributed by atoms with Gasteiger partial charge in [0.25, 0.3) is 14.7 Å². The van der Waals surface area contributed by atoms with E-state index in [9.17, 15) is 27.7 Å². The molecule has 0 aliphatic carbocycles. The van der Waals surface area contributed by atoms with Crippen LogP contribution in [0.4, 0.5) is 20.6 Å². The third-order valence-electron chi connectivity index (χ3n) is 2.02. The van der Waals surface area contributed by atoms with Crippen LogP contribution in [0.15, 0.2) is 17.0 Å². The Hall–Kier alpha value is -1.94. The van der Waals surface area contributed by atoms with Crippen molar-refractivity contribution in [1.29, 1.82) is 0 Å². The van der Waals surface area contributed by atoms with Crippen LogP contribution in [0, 0.1) is 15.9 Å². The van der Waals surface area contributed by atoms with Crippen LogP contribution in [0.25, 0.3) is 0 Å². The van der Waals surface area contributed by atoms with Gasteiger partial charge in [-0.3, -0.25) is 15.4 Å². The van der Waals surface area contributed by atoms with Crippen molar-refractivity contribution in [3.05, 3.63) is 28.1 Å². The molecule has 0 saturated heterocycles. The first-order valence-electron chi connectivity index (χ1n) is 5.03. The molecule has 1 aromatic rings. The fraction of sp³-hybridized carbons (Fsp3) is 0.222. The van der Waals surface area contributed by atoms with Gasteiger partial charge >= 0.3 is 6.09 Å². The maximum Gasteiger partial charge on any atom is 0.411 e. The van der Waals surface area contributed by atoms with Crippen molar-refractivity contribution < 1.29 is 27.3 Å². The van der Waals surface area contributed by atoms with Gasteiger partial charge in [-0.15, -0.1) is 0 Å². The minimum absolute atomic E-state index is 0.00371. The SMILES string of the molecule is CCOC(=O)Nc1cc(F)c(S(=O)(=O)Cl)cc1[N+](=O)[O-]. The first-order chi connectivity index (χ1) is 9.16. The van der Waals surface area contributed by atoms with Crippen LogP contribution in [-0.4, -0.2) is 26.0 Å². The lowest BCUT2D eigenvalue weighted by atomic mass is 10.2. The Labute approximate surface area is 117 Å². The van der Waals surface area contributed by atoms with Gasteiger partial charge < -0.3 is 4.74 Å². The number of amides is 1. The second-order valence-corrected chi connectivity index (χ2v) is 5.87. The van der Waals surface area contributed by atoms with Gasteiger partial charge in [-0.1, -0.05) is 0 Å². The van der Waals surface area contributed by atoms with Gasteiger partial charge in [-0.05, 0) is 6.92 Å². The molecule has 0 spiro atoms. The van der Waals surface area contributed by atoms with Crippen LogP contribution in [-0.2, 0) is 13.8 Å². The number of carbonyl (C=O) groups excluding carboxylic acids is 1. The van der Waals surface area contributed by atoms with Gasteiger partial charge in [0, 0.05) is 22.8 Å². The van der Waals surface area contributed by atoms with Crippen LogP contribution in [0.1, 0.15) is 6.92 Å². The number of halogens is 2. The highest BCUT2D eigenvalue weighted by Crippen LogP contribution is 2.31. The Morgan fingerprint density at radius 1 is 1.55 bits per heavy atom. The van der Waals surface area contributed by atoms with Gasteiger partial charge in [0.15, 0.2) is 0 Å². The predicted octanol–water partition coefficient (Wildman–Crippen LogP) is 2.23. The summed E-state index contributed by atoms with van der Waals surface area (Å²) in [7, 11) is 0.450. The summed E-state index contributed by atoms with van der Waals surface area (Å²) in [6.45, 7) is 1.49. The zero-order valence-electron chi connectivity index (χ0n) is 9.92. The smallest absolute Gasteiger partial charge is 0.411 e. The number of carbonyl (C=O) groups is 1. The number of hydrogen-bond acceptors (Lipinski definition) is 6. The van der Waals surface area contributed by atoms with Crippen molar-refractivity contribution in [2.75, 3.05) is 11.9 Å². The van der Waals surface area contributed by atoms with Crippen LogP contribution in [0.2, 0.25) is 0 Å². The van der Waals surface area contributed by atoms with Crippen LogP contribution >= 0.6 is 10.7 Å². The summed E-state index contributed by atoms with van der Waals surface area (Å²) < 4.78 is 40.1. The Balaban J connectivity index is 3.36. The lowest BCUT2D eigenvalue weighted by molar-refractivity contribution is -0.384. The van der Waals surface area contributed by atoms with E-state index in [1.165, 1.54) is 6.92 Å². The van der Waals surface area contributed by atoms with E-state index in [0.717, 1.165) is 0 Å². The summed E-state index contributed by atoms with van der Waals surface area (Å²) in [5, 5.41) is 12.7. The largest absolute Gasteiger partial charge is 0.450 e. The van der Waals surface area contributed by atoms with Crippen molar-refractivity contribution >= 4 is 37.2 Å². The number of rotatable bonds is 4. The topological polar surface area (TPSA) is 116 Å². The Morgan fingerprint density at radius 2 is 2.15 bits per heavy atom. The third kappa shape index (κ3) is 3.78. The molecule has 110 valence electrons. The standard InChI is InChI=1S/C9H8ClFN2O6S/c1-2-19-9(14)12-6-3-5(11)8(20(10,17)18)4-7(6)13(15)16/h3-4H,2H2,1H3,(H,12,14). The average Bonchev–Trinajstić information content (AvgIpc) is 2.26. The molecule has 1 aromatic carbocycles. The molecule has 0 fully saturated rings. The summed E-state index contributed by atoms with van der Waals surface area (Å²) in [5.74, 6) is -1.34. The highest BCUT2D eigenvalue weighted by molar-refractivity contribution is 8.13. The van der Waals surface area contributed by atoms with E-state index in [-0.39, 0.29) is 6.61 Å². The summed E-state index contributed by atoms with van der Waals surface area (Å²) in [6, 6.07) is 0.892. The lowest BCUT2D eigenvalue weighted by Crippen LogP contribution is -2.15. The molecular weight excluding hydrogens is 319 g/mol. The molecule has 11 heteroatoms. The van der Waals surface area contributed by atoms with E-state index in [1.807, 2.05) is 5.32 Å². The molecule has 0 aromatic heterocycles. The molecule has 0 heterocycles. The molecule has 0 aliphatic heterocycles. The third-order valence-corrected chi connectivity index (χ3v) is 3.36. The van der Waals surface area contributed by atoms with E-state index in [0.29, 0.717) is 12.1 Å². The number of anilines is 1. The summed E-state index contributed by atoms with van der Waals surface area (Å²) >= 11 is 0. The van der Waals surface area contributed by atoms with E-state index >= 15 is 0 Å². The number of ether oxygens (including phenoxy) is 1. The van der Waals surface area contributed by atoms with Crippen molar-refractivity contribution in [2.24, 2.45) is 0 Å². The molecule has 8 nitrogen and oxygen atoms in total. The number of nitro groups is 1. The predicted molar refractivity (Wildman–Crippen MR) is 66.7 cm³/mol. The minimum atomic E-state index is -4.50. The fourth-order valence-corrected chi connectivity index (χ4v) is 2.16. The lowest BCUT2D eigenvalue weighted by Gasteiger charge is -2.07. The van der Waals surface area contributed by atoms with E-state index in [1.54, 1.807) is 0 Å². The van der Waals surface area contributed by atoms with Crippen molar-refractivity contribution in [2.45, 2.75) is 11.8 Å². The van der Waals surface area contributed by atoms with Gasteiger partial charge in [0.2, 0.25) is 0 Å². The molecule has 0 bridgehead atoms. The summed E-state index contributed by atoms with van der Waals surface area (Å²) in [5.41, 5.74) is -1.38. The molecule has 0 saturated carbocycles. The minimum Gasteiger partial charge on any atom is -0.450 e. The molecule has 0 aliphatic rings. The normalized spacial score (nSPS) is 10.9. The molecule has 1 amide bonds. The van der Waals surface area contributed by atoms with Crippen LogP contribution in [0.5, 0.6) is 0 Å². The maximum atomic E-state index is 13.5. The quantitative estimate of drug-likeness (QED) is 0.515. The van der Waals surface area contributed by atoms with E-state index in [2.05, 4.69) is 4.74 Å². The highest BCUT2D eigenvalue weighted by atomic mass is 35.7. The zero-order chi connectivity index (χ0) is 15.5. The van der Waals surface area contributed by atoms with Gasteiger partial charge in [0.1, 0.15) is 16.4 Å². The number of nitrogens with zero attached hydrogens (tertiary/aromatic N) is 1. The van der Waals surface area contributed by atoms with Crippen molar-refractivity contribution in [3.8, 4) is 0 Å². The zero-order valence-corrected chi connectivity index (χ0v) is 11.5. The molecular formula is C9H8ClFN2O6S. The first-order valence-corrected chi connectivity index (χ1v) is 7.34. The number of hydrogen-bond donors (Lipinski definition) is 1. The van der Waals surface area contributed by atoms with Crippen LogP contribution < -0.4 is 5.32 Å². The summed E-state index contributed by atoms with van der Waals surface area (Å²) in [4.78, 5) is 19.9. The number of nitrogens with one attached hydrogen (secondary N) is 1. The molecule has 1 rings (SSSR count). The summed E-state index contributed by atoms with van der Waals surface area (Å²) in [6.07, 6.45) is -1.04. The van der Waals surface area contributed by atoms with E-state index < -0.39 is 42.2 Å². The highest BCUT2D eigenvalue weighted by Gasteiger charge is 2.25. The van der Waals surface area contributed by atoms with Crippen molar-refractivity contribution in [3.63, 3.8) is 0 Å². The Bertz CT molecular complexity index is 663. The van der Waals surface area contributed by atoms with Crippen LogP contribution in [0.3, 0.4) is 0 Å². The van der Waals surface area contributed by atoms with Crippen molar-refractivity contribution in [1.82, 2.24) is 0 Å². The second-order valence-electron chi connectivity index (χ2n) is 3.34. The number of benzene rings is 1. The van der Waals surface area contributed by atoms with Gasteiger partial charge in [-0.2, -0.15) is 0 Å². The van der Waals surface area contributed by atoms with E-state index in [4.69, 9.17) is 10.7 Å². The second kappa shape index (κ2) is 6.01. The fourth-order valence-electron chi connectivity index (χ4n) is 1.26. The maximum absolute atomic E-state index is 13.5. The first kappa shape index (κ1) is 16.1. The number of nitro benzene ring substituents is 1. The molecule has 20 heavy (non-hydrogen) atoms. The van der Waals surface area contributed by atoms with Gasteiger partial charge in [0.05, 0.1) is 11.5 Å². The molecule has 1 N–H and O–H groups in total. The Morgan fingerprint density at radius 3 is 2.60 bits per heavy atom. The molecule has 0 radical (unpaired) electrons. The molecule has 0 atom stereocenters. The molecule has 0 unspecified atom stereocenters.